The van der Waals surface area contributed by atoms with Crippen LogP contribution in [-0.2, 0) is 13.1 Å². The molecule has 34 heavy (non-hydrogen) atoms. The van der Waals surface area contributed by atoms with Crippen LogP contribution < -0.4 is 27.6 Å². The molecule has 0 radical (unpaired) electrons. The summed E-state index contributed by atoms with van der Waals surface area (Å²) in [6, 6.07) is 14.3. The Morgan fingerprint density at radius 2 is 1.71 bits per heavy atom. The van der Waals surface area contributed by atoms with Crippen molar-refractivity contribution in [3.05, 3.63) is 91.6 Å². The fraction of sp³-hybridized carbons (Fsp3) is 0.280. The van der Waals surface area contributed by atoms with E-state index in [0.29, 0.717) is 17.8 Å². The van der Waals surface area contributed by atoms with Gasteiger partial charge in [-0.05, 0) is 44.0 Å². The zero-order valence-electron chi connectivity index (χ0n) is 19.6. The molecule has 0 spiro atoms. The zero-order chi connectivity index (χ0) is 24.8. The normalized spacial score (nSPS) is 10.7. The summed E-state index contributed by atoms with van der Waals surface area (Å²) < 4.78 is 2.25. The van der Waals surface area contributed by atoms with E-state index in [9.17, 15) is 19.2 Å². The maximum Gasteiger partial charge on any atom is 0.332 e. The molecule has 0 saturated carbocycles. The largest absolute Gasteiger partial charge is 0.384 e. The SMILES string of the molecule is CCNC(=O)c1ccc(C)c(NCC(=O)c2c(N)n(Cc3ccccc3)c(=O)n(CC)c2=O)c1. The third-order valence-corrected chi connectivity index (χ3v) is 5.52. The Bertz CT molecular complexity index is 1330. The van der Waals surface area contributed by atoms with Crippen LogP contribution in [0.25, 0.3) is 0 Å². The Balaban J connectivity index is 1.94. The van der Waals surface area contributed by atoms with Crippen molar-refractivity contribution in [2.24, 2.45) is 0 Å². The van der Waals surface area contributed by atoms with Crippen molar-refractivity contribution in [1.82, 2.24) is 14.5 Å². The summed E-state index contributed by atoms with van der Waals surface area (Å²) in [7, 11) is 0. The van der Waals surface area contributed by atoms with Gasteiger partial charge in [0.05, 0.1) is 13.1 Å². The van der Waals surface area contributed by atoms with Crippen LogP contribution in [0.4, 0.5) is 11.5 Å². The summed E-state index contributed by atoms with van der Waals surface area (Å²) in [5, 5.41) is 5.74. The smallest absolute Gasteiger partial charge is 0.332 e. The van der Waals surface area contributed by atoms with E-state index < -0.39 is 17.0 Å². The molecule has 0 atom stereocenters. The van der Waals surface area contributed by atoms with E-state index >= 15 is 0 Å². The third kappa shape index (κ3) is 5.09. The van der Waals surface area contributed by atoms with Gasteiger partial charge in [0.1, 0.15) is 11.4 Å². The lowest BCUT2D eigenvalue weighted by atomic mass is 10.1. The Labute approximate surface area is 197 Å². The second kappa shape index (κ2) is 10.7. The molecular formula is C25H29N5O4. The van der Waals surface area contributed by atoms with Crippen LogP contribution >= 0.6 is 0 Å². The lowest BCUT2D eigenvalue weighted by Gasteiger charge is -2.16. The molecule has 0 aliphatic carbocycles. The minimum absolute atomic E-state index is 0.105. The number of carbonyl (C=O) groups is 2. The summed E-state index contributed by atoms with van der Waals surface area (Å²) in [6.45, 7) is 5.83. The van der Waals surface area contributed by atoms with E-state index in [-0.39, 0.29) is 36.9 Å². The van der Waals surface area contributed by atoms with Crippen molar-refractivity contribution >= 4 is 23.2 Å². The average molecular weight is 464 g/mol. The number of nitrogen functional groups attached to an aromatic ring is 1. The van der Waals surface area contributed by atoms with Gasteiger partial charge >= 0.3 is 5.69 Å². The van der Waals surface area contributed by atoms with Crippen molar-refractivity contribution in [2.75, 3.05) is 24.1 Å². The number of nitrogens with zero attached hydrogens (tertiary/aromatic N) is 2. The van der Waals surface area contributed by atoms with E-state index in [1.54, 1.807) is 25.1 Å². The number of rotatable bonds is 9. The summed E-state index contributed by atoms with van der Waals surface area (Å²) in [6.07, 6.45) is 0. The second-order valence-corrected chi connectivity index (χ2v) is 7.83. The van der Waals surface area contributed by atoms with E-state index in [0.717, 1.165) is 15.7 Å². The average Bonchev–Trinajstić information content (AvgIpc) is 2.82. The van der Waals surface area contributed by atoms with Gasteiger partial charge in [0.15, 0.2) is 5.78 Å². The van der Waals surface area contributed by atoms with E-state index in [4.69, 9.17) is 5.73 Å². The number of anilines is 2. The van der Waals surface area contributed by atoms with Crippen LogP contribution in [0.1, 0.15) is 45.7 Å². The van der Waals surface area contributed by atoms with E-state index in [2.05, 4.69) is 10.6 Å². The van der Waals surface area contributed by atoms with Gasteiger partial charge < -0.3 is 16.4 Å². The van der Waals surface area contributed by atoms with Crippen LogP contribution in [0, 0.1) is 6.92 Å². The van der Waals surface area contributed by atoms with E-state index in [1.807, 2.05) is 44.2 Å². The van der Waals surface area contributed by atoms with Crippen molar-refractivity contribution in [3.8, 4) is 0 Å². The highest BCUT2D eigenvalue weighted by molar-refractivity contribution is 6.02. The summed E-state index contributed by atoms with van der Waals surface area (Å²) in [5.74, 6) is -0.933. The molecule has 2 aromatic carbocycles. The number of carbonyl (C=O) groups excluding carboxylic acids is 2. The van der Waals surface area contributed by atoms with Gasteiger partial charge in [-0.3, -0.25) is 23.5 Å². The molecule has 1 amide bonds. The van der Waals surface area contributed by atoms with Gasteiger partial charge in [-0.1, -0.05) is 36.4 Å². The first-order valence-corrected chi connectivity index (χ1v) is 11.1. The van der Waals surface area contributed by atoms with Gasteiger partial charge in [-0.25, -0.2) is 4.79 Å². The van der Waals surface area contributed by atoms with Crippen molar-refractivity contribution in [3.63, 3.8) is 0 Å². The van der Waals surface area contributed by atoms with Crippen LogP contribution in [0.3, 0.4) is 0 Å². The molecule has 0 unspecified atom stereocenters. The number of ketones is 1. The molecule has 1 aromatic heterocycles. The number of benzene rings is 2. The van der Waals surface area contributed by atoms with E-state index in [1.165, 1.54) is 4.57 Å². The summed E-state index contributed by atoms with van der Waals surface area (Å²) >= 11 is 0. The molecule has 1 heterocycles. The molecule has 0 fully saturated rings. The van der Waals surface area contributed by atoms with Gasteiger partial charge in [0.25, 0.3) is 11.5 Å². The number of aryl methyl sites for hydroxylation is 1. The maximum absolute atomic E-state index is 13.1. The highest BCUT2D eigenvalue weighted by Crippen LogP contribution is 2.18. The fourth-order valence-electron chi connectivity index (χ4n) is 3.66. The summed E-state index contributed by atoms with van der Waals surface area (Å²) in [4.78, 5) is 51.1. The van der Waals surface area contributed by atoms with Crippen LogP contribution in [0.5, 0.6) is 0 Å². The molecule has 3 rings (SSSR count). The molecule has 0 bridgehead atoms. The monoisotopic (exact) mass is 463 g/mol. The van der Waals surface area contributed by atoms with Crippen molar-refractivity contribution in [1.29, 1.82) is 0 Å². The first-order chi connectivity index (χ1) is 16.3. The van der Waals surface area contributed by atoms with Crippen molar-refractivity contribution in [2.45, 2.75) is 33.9 Å². The first kappa shape index (κ1) is 24.5. The van der Waals surface area contributed by atoms with Crippen molar-refractivity contribution < 1.29 is 9.59 Å². The first-order valence-electron chi connectivity index (χ1n) is 11.1. The number of nitrogens with one attached hydrogen (secondary N) is 2. The molecule has 178 valence electrons. The molecule has 0 saturated heterocycles. The molecule has 4 N–H and O–H groups in total. The lowest BCUT2D eigenvalue weighted by Crippen LogP contribution is -2.44. The van der Waals surface area contributed by atoms with Gasteiger partial charge in [0.2, 0.25) is 0 Å². The minimum atomic E-state index is -0.714. The van der Waals surface area contributed by atoms with Crippen LogP contribution in [0.15, 0.2) is 58.1 Å². The number of Topliss-reactive ketones (excluding diaryl/α,β-unsaturated/α-hetero) is 1. The minimum Gasteiger partial charge on any atom is -0.384 e. The maximum atomic E-state index is 13.1. The standard InChI is InChI=1S/C25H29N5O4/c1-4-27-23(32)18-12-11-16(3)19(13-18)28-14-20(31)21-22(26)30(15-17-9-7-6-8-10-17)25(34)29(5-2)24(21)33/h6-13,28H,4-5,14-15,26H2,1-3H3,(H,27,32). The number of nitrogens with two attached hydrogens (primary N) is 1. The number of amides is 1. The molecule has 3 aromatic rings. The lowest BCUT2D eigenvalue weighted by molar-refractivity contribution is 0.0955. The predicted molar refractivity (Wildman–Crippen MR) is 133 cm³/mol. The van der Waals surface area contributed by atoms with Gasteiger partial charge in [0, 0.05) is 24.3 Å². The summed E-state index contributed by atoms with van der Waals surface area (Å²) in [5.41, 5.74) is 7.37. The van der Waals surface area contributed by atoms with Crippen LogP contribution in [0.2, 0.25) is 0 Å². The number of hydrogen-bond acceptors (Lipinski definition) is 6. The Kier molecular flexibility index (Phi) is 7.68. The predicted octanol–water partition coefficient (Wildman–Crippen LogP) is 2.01. The highest BCUT2D eigenvalue weighted by atomic mass is 16.2. The third-order valence-electron chi connectivity index (χ3n) is 5.52. The zero-order valence-corrected chi connectivity index (χ0v) is 19.6. The Morgan fingerprint density at radius 3 is 2.35 bits per heavy atom. The highest BCUT2D eigenvalue weighted by Gasteiger charge is 2.22. The molecular weight excluding hydrogens is 434 g/mol. The Hall–Kier alpha value is -4.14. The Morgan fingerprint density at radius 1 is 1.00 bits per heavy atom. The quantitative estimate of drug-likeness (QED) is 0.417. The van der Waals surface area contributed by atoms with Gasteiger partial charge in [-0.15, -0.1) is 0 Å². The second-order valence-electron chi connectivity index (χ2n) is 7.83. The topological polar surface area (TPSA) is 128 Å². The van der Waals surface area contributed by atoms with Crippen LogP contribution in [-0.4, -0.2) is 33.9 Å². The molecule has 9 nitrogen and oxygen atoms in total. The molecule has 0 aliphatic rings. The fourth-order valence-corrected chi connectivity index (χ4v) is 3.66. The number of hydrogen-bond donors (Lipinski definition) is 3. The van der Waals surface area contributed by atoms with Gasteiger partial charge in [-0.2, -0.15) is 0 Å². The molecule has 9 heteroatoms. The molecule has 0 aliphatic heterocycles. The number of aromatic nitrogens is 2.